The summed E-state index contributed by atoms with van der Waals surface area (Å²) >= 11 is 3.02. The summed E-state index contributed by atoms with van der Waals surface area (Å²) in [6, 6.07) is 6.33. The van der Waals surface area contributed by atoms with Gasteiger partial charge < -0.3 is 5.32 Å². The number of fused-ring (bicyclic) bond motifs is 1. The quantitative estimate of drug-likeness (QED) is 0.667. The fourth-order valence-electron chi connectivity index (χ4n) is 2.15. The standard InChI is InChI=1S/C17H16FN3S2/c1-11-5-3-8-14-15(9-11)23-17(20-14)21-16(22-2)19-13-7-4-6-12(18)10-13/h4-10H,3H2,1-2H3,(H,19,20,21). The maximum absolute atomic E-state index is 13.3. The van der Waals surface area contributed by atoms with E-state index in [4.69, 9.17) is 0 Å². The van der Waals surface area contributed by atoms with Crippen LogP contribution in [0.3, 0.4) is 0 Å². The van der Waals surface area contributed by atoms with Crippen molar-refractivity contribution in [3.8, 4) is 0 Å². The van der Waals surface area contributed by atoms with E-state index in [9.17, 15) is 4.39 Å². The predicted octanol–water partition coefficient (Wildman–Crippen LogP) is 3.66. The van der Waals surface area contributed by atoms with E-state index in [1.165, 1.54) is 29.5 Å². The normalized spacial score (nSPS) is 14.2. The largest absolute Gasteiger partial charge is 0.335 e. The van der Waals surface area contributed by atoms with E-state index in [0.717, 1.165) is 16.3 Å². The van der Waals surface area contributed by atoms with Crippen molar-refractivity contribution in [1.29, 1.82) is 0 Å². The number of amidine groups is 1. The lowest BCUT2D eigenvalue weighted by Gasteiger charge is -2.06. The first kappa shape index (κ1) is 16.0. The minimum Gasteiger partial charge on any atom is -0.335 e. The average molecular weight is 345 g/mol. The van der Waals surface area contributed by atoms with Crippen LogP contribution in [-0.2, 0) is 0 Å². The van der Waals surface area contributed by atoms with E-state index < -0.39 is 0 Å². The number of thiazole rings is 1. The van der Waals surface area contributed by atoms with Crippen molar-refractivity contribution in [2.45, 2.75) is 13.3 Å². The van der Waals surface area contributed by atoms with Gasteiger partial charge in [0.25, 0.3) is 0 Å². The zero-order chi connectivity index (χ0) is 16.2. The molecule has 2 aromatic rings. The Balaban J connectivity index is 1.91. The third kappa shape index (κ3) is 4.09. The molecular weight excluding hydrogens is 329 g/mol. The summed E-state index contributed by atoms with van der Waals surface area (Å²) in [4.78, 5) is 9.13. The number of nitrogens with zero attached hydrogens (tertiary/aromatic N) is 2. The highest BCUT2D eigenvalue weighted by atomic mass is 32.2. The second-order valence-corrected chi connectivity index (χ2v) is 6.84. The van der Waals surface area contributed by atoms with Crippen LogP contribution in [-0.4, -0.2) is 16.4 Å². The van der Waals surface area contributed by atoms with Crippen LogP contribution in [0.4, 0.5) is 15.2 Å². The van der Waals surface area contributed by atoms with Crippen molar-refractivity contribution in [1.82, 2.24) is 4.98 Å². The van der Waals surface area contributed by atoms with Crippen molar-refractivity contribution in [2.75, 3.05) is 11.6 Å². The van der Waals surface area contributed by atoms with Gasteiger partial charge in [-0.05, 0) is 43.9 Å². The molecule has 0 bridgehead atoms. The monoisotopic (exact) mass is 345 g/mol. The second-order valence-electron chi connectivity index (χ2n) is 5.03. The Morgan fingerprint density at radius 1 is 1.39 bits per heavy atom. The lowest BCUT2D eigenvalue weighted by atomic mass is 10.2. The third-order valence-corrected chi connectivity index (χ3v) is 4.74. The van der Waals surface area contributed by atoms with Crippen LogP contribution in [0, 0.1) is 5.82 Å². The van der Waals surface area contributed by atoms with Gasteiger partial charge in [-0.15, -0.1) is 0 Å². The molecular formula is C17H16FN3S2. The lowest BCUT2D eigenvalue weighted by Crippen LogP contribution is -2.19. The van der Waals surface area contributed by atoms with Crippen LogP contribution in [0.5, 0.6) is 0 Å². The SMILES string of the molecule is CS/C(=N/c1nc2c(s1)=CC(C)=CCC=2)Nc1cccc(F)c1. The fraction of sp³-hybridized carbons (Fsp3) is 0.176. The lowest BCUT2D eigenvalue weighted by molar-refractivity contribution is 0.628. The molecule has 1 aromatic carbocycles. The maximum Gasteiger partial charge on any atom is 0.212 e. The summed E-state index contributed by atoms with van der Waals surface area (Å²) in [5.74, 6) is -0.275. The molecule has 0 spiro atoms. The van der Waals surface area contributed by atoms with Gasteiger partial charge in [0.05, 0.1) is 9.88 Å². The Labute approximate surface area is 142 Å². The van der Waals surface area contributed by atoms with Gasteiger partial charge in [-0.2, -0.15) is 4.99 Å². The molecule has 3 rings (SSSR count). The summed E-state index contributed by atoms with van der Waals surface area (Å²) in [7, 11) is 0. The summed E-state index contributed by atoms with van der Waals surface area (Å²) in [6.07, 6.45) is 9.23. The Bertz CT molecular complexity index is 897. The topological polar surface area (TPSA) is 37.3 Å². The summed E-state index contributed by atoms with van der Waals surface area (Å²) in [5.41, 5.74) is 1.91. The highest BCUT2D eigenvalue weighted by Gasteiger charge is 2.05. The van der Waals surface area contributed by atoms with Crippen LogP contribution < -0.4 is 15.2 Å². The molecule has 0 fully saturated rings. The van der Waals surface area contributed by atoms with Gasteiger partial charge in [0.15, 0.2) is 5.17 Å². The molecule has 118 valence electrons. The van der Waals surface area contributed by atoms with Crippen LogP contribution >= 0.6 is 23.1 Å². The molecule has 6 heteroatoms. The molecule has 0 radical (unpaired) electrons. The number of thioether (sulfide) groups is 1. The maximum atomic E-state index is 13.3. The summed E-state index contributed by atoms with van der Waals surface area (Å²) in [6.45, 7) is 2.09. The van der Waals surface area contributed by atoms with Gasteiger partial charge in [-0.1, -0.05) is 46.9 Å². The van der Waals surface area contributed by atoms with Crippen LogP contribution in [0.25, 0.3) is 12.2 Å². The molecule has 0 aliphatic heterocycles. The number of benzene rings is 1. The van der Waals surface area contributed by atoms with Gasteiger partial charge in [-0.3, -0.25) is 0 Å². The molecule has 1 aliphatic carbocycles. The van der Waals surface area contributed by atoms with Crippen molar-refractivity contribution < 1.29 is 4.39 Å². The minimum atomic E-state index is -0.275. The number of aliphatic imine (C=N–C) groups is 1. The zero-order valence-corrected chi connectivity index (χ0v) is 14.5. The molecule has 1 aromatic heterocycles. The molecule has 1 aliphatic rings. The Hall–Kier alpha value is -1.92. The minimum absolute atomic E-state index is 0.275. The van der Waals surface area contributed by atoms with E-state index in [0.29, 0.717) is 16.0 Å². The van der Waals surface area contributed by atoms with E-state index in [1.54, 1.807) is 17.4 Å². The van der Waals surface area contributed by atoms with Crippen molar-refractivity contribution in [2.24, 2.45) is 4.99 Å². The number of rotatable bonds is 2. The first-order valence-electron chi connectivity index (χ1n) is 7.15. The zero-order valence-electron chi connectivity index (χ0n) is 12.8. The molecule has 1 N–H and O–H groups in total. The molecule has 0 atom stereocenters. The molecule has 0 unspecified atom stereocenters. The Morgan fingerprint density at radius 2 is 2.26 bits per heavy atom. The molecule has 0 saturated heterocycles. The summed E-state index contributed by atoms with van der Waals surface area (Å²) in [5, 5.41) is 5.49. The molecule has 1 heterocycles. The van der Waals surface area contributed by atoms with E-state index in [1.807, 2.05) is 12.3 Å². The Kier molecular flexibility index (Phi) is 4.93. The van der Waals surface area contributed by atoms with Crippen LogP contribution in [0.15, 0.2) is 40.9 Å². The Morgan fingerprint density at radius 3 is 3.04 bits per heavy atom. The third-order valence-electron chi connectivity index (χ3n) is 3.25. The second kappa shape index (κ2) is 7.10. The summed E-state index contributed by atoms with van der Waals surface area (Å²) < 4.78 is 14.4. The van der Waals surface area contributed by atoms with Gasteiger partial charge >= 0.3 is 0 Å². The highest BCUT2D eigenvalue weighted by molar-refractivity contribution is 8.13. The molecule has 23 heavy (non-hydrogen) atoms. The smallest absolute Gasteiger partial charge is 0.212 e. The number of nitrogens with one attached hydrogen (secondary N) is 1. The number of allylic oxidation sites excluding steroid dienone is 2. The van der Waals surface area contributed by atoms with E-state index >= 15 is 0 Å². The predicted molar refractivity (Wildman–Crippen MR) is 99.3 cm³/mol. The van der Waals surface area contributed by atoms with Crippen molar-refractivity contribution in [3.05, 3.63) is 51.6 Å². The first-order valence-corrected chi connectivity index (χ1v) is 9.19. The van der Waals surface area contributed by atoms with Crippen LogP contribution in [0.1, 0.15) is 13.3 Å². The van der Waals surface area contributed by atoms with Crippen molar-refractivity contribution in [3.63, 3.8) is 0 Å². The number of aromatic nitrogens is 1. The van der Waals surface area contributed by atoms with E-state index in [2.05, 4.69) is 40.4 Å². The van der Waals surface area contributed by atoms with Gasteiger partial charge in [0.1, 0.15) is 5.82 Å². The molecule has 0 amide bonds. The van der Waals surface area contributed by atoms with Crippen molar-refractivity contribution >= 4 is 51.2 Å². The number of anilines is 1. The number of halogens is 1. The number of hydrogen-bond acceptors (Lipinski definition) is 4. The highest BCUT2D eigenvalue weighted by Crippen LogP contribution is 2.17. The molecule has 0 saturated carbocycles. The first-order chi connectivity index (χ1) is 11.1. The average Bonchev–Trinajstić information content (AvgIpc) is 2.79. The fourth-order valence-corrected chi connectivity index (χ4v) is 3.56. The van der Waals surface area contributed by atoms with Gasteiger partial charge in [-0.25, -0.2) is 9.37 Å². The van der Waals surface area contributed by atoms with Gasteiger partial charge in [0.2, 0.25) is 5.13 Å². The van der Waals surface area contributed by atoms with Gasteiger partial charge in [0, 0.05) is 5.69 Å². The molecule has 3 nitrogen and oxygen atoms in total. The van der Waals surface area contributed by atoms with E-state index in [-0.39, 0.29) is 5.82 Å². The van der Waals surface area contributed by atoms with Crippen LogP contribution in [0.2, 0.25) is 0 Å². The number of hydrogen-bond donors (Lipinski definition) is 1.